The molecule has 0 radical (unpaired) electrons. The van der Waals surface area contributed by atoms with Crippen molar-refractivity contribution in [2.24, 2.45) is 0 Å². The van der Waals surface area contributed by atoms with Crippen molar-refractivity contribution in [3.05, 3.63) is 41.1 Å². The Balaban J connectivity index is 2.19. The van der Waals surface area contributed by atoms with Crippen LogP contribution in [0.3, 0.4) is 0 Å². The number of benzene rings is 1. The van der Waals surface area contributed by atoms with Gasteiger partial charge < -0.3 is 10.4 Å². The zero-order chi connectivity index (χ0) is 13.1. The maximum Gasteiger partial charge on any atom is 0.260 e. The van der Waals surface area contributed by atoms with Crippen molar-refractivity contribution in [2.75, 3.05) is 5.32 Å². The maximum absolute atomic E-state index is 12.0. The average Bonchev–Trinajstić information content (AvgIpc) is 2.80. The van der Waals surface area contributed by atoms with Gasteiger partial charge in [-0.3, -0.25) is 9.89 Å². The van der Waals surface area contributed by atoms with E-state index in [4.69, 9.17) is 0 Å². The van der Waals surface area contributed by atoms with Gasteiger partial charge in [-0.05, 0) is 25.0 Å². The number of para-hydroxylation sites is 1. The van der Waals surface area contributed by atoms with Crippen molar-refractivity contribution in [1.82, 2.24) is 10.2 Å². The van der Waals surface area contributed by atoms with Crippen molar-refractivity contribution in [1.29, 1.82) is 0 Å². The molecule has 3 N–H and O–H groups in total. The molecule has 0 saturated carbocycles. The minimum absolute atomic E-state index is 0.00116. The second-order valence-electron chi connectivity index (χ2n) is 4.06. The highest BCUT2D eigenvalue weighted by molar-refractivity contribution is 6.05. The molecule has 0 fully saturated rings. The Morgan fingerprint density at radius 3 is 2.94 bits per heavy atom. The van der Waals surface area contributed by atoms with Gasteiger partial charge in [0.1, 0.15) is 5.75 Å². The number of aromatic amines is 1. The van der Waals surface area contributed by atoms with Crippen molar-refractivity contribution < 1.29 is 9.90 Å². The first-order valence-corrected chi connectivity index (χ1v) is 5.76. The van der Waals surface area contributed by atoms with Crippen LogP contribution in [0.4, 0.5) is 5.82 Å². The number of phenolic OH excluding ortho intramolecular Hbond substituents is 1. The summed E-state index contributed by atoms with van der Waals surface area (Å²) in [5, 5.41) is 19.2. The Labute approximate surface area is 105 Å². The fraction of sp³-hybridized carbons (Fsp3) is 0.231. The second kappa shape index (κ2) is 4.91. The van der Waals surface area contributed by atoms with E-state index < -0.39 is 0 Å². The standard InChI is InChI=1S/C13H15N3O2/c1-3-9-7-11(16-15-9)14-13(18)10-6-4-5-8(2)12(10)17/h4-7,17H,3H2,1-2H3,(H2,14,15,16,18). The maximum atomic E-state index is 12.0. The second-order valence-corrected chi connectivity index (χ2v) is 4.06. The third-order valence-corrected chi connectivity index (χ3v) is 2.74. The summed E-state index contributed by atoms with van der Waals surface area (Å²) in [7, 11) is 0. The molecule has 0 saturated heterocycles. The lowest BCUT2D eigenvalue weighted by Crippen LogP contribution is -2.12. The first-order valence-electron chi connectivity index (χ1n) is 5.76. The number of carbonyl (C=O) groups excluding carboxylic acids is 1. The number of rotatable bonds is 3. The zero-order valence-electron chi connectivity index (χ0n) is 10.3. The van der Waals surface area contributed by atoms with Gasteiger partial charge in [0, 0.05) is 11.8 Å². The van der Waals surface area contributed by atoms with Crippen LogP contribution in [0.15, 0.2) is 24.3 Å². The van der Waals surface area contributed by atoms with Gasteiger partial charge in [0.25, 0.3) is 5.91 Å². The quantitative estimate of drug-likeness (QED) is 0.776. The van der Waals surface area contributed by atoms with Crippen molar-refractivity contribution in [3.8, 4) is 5.75 Å². The van der Waals surface area contributed by atoms with Crippen LogP contribution in [0.5, 0.6) is 5.75 Å². The lowest BCUT2D eigenvalue weighted by molar-refractivity contribution is 0.102. The number of hydrogen-bond donors (Lipinski definition) is 3. The number of amides is 1. The van der Waals surface area contributed by atoms with Crippen LogP contribution in [0.25, 0.3) is 0 Å². The molecule has 0 atom stereocenters. The molecule has 1 aromatic heterocycles. The van der Waals surface area contributed by atoms with Crippen LogP contribution in [-0.2, 0) is 6.42 Å². The summed E-state index contributed by atoms with van der Waals surface area (Å²) in [5.41, 5.74) is 1.86. The number of nitrogens with one attached hydrogen (secondary N) is 2. The van der Waals surface area contributed by atoms with E-state index in [9.17, 15) is 9.90 Å². The van der Waals surface area contributed by atoms with Crippen LogP contribution < -0.4 is 5.32 Å². The third kappa shape index (κ3) is 2.34. The van der Waals surface area contributed by atoms with E-state index in [1.54, 1.807) is 31.2 Å². The number of anilines is 1. The third-order valence-electron chi connectivity index (χ3n) is 2.74. The molecule has 0 spiro atoms. The Bertz CT molecular complexity index is 575. The molecule has 1 heterocycles. The number of aryl methyl sites for hydroxylation is 2. The molecule has 0 bridgehead atoms. The van der Waals surface area contributed by atoms with Gasteiger partial charge >= 0.3 is 0 Å². The predicted molar refractivity (Wildman–Crippen MR) is 68.8 cm³/mol. The van der Waals surface area contributed by atoms with Gasteiger partial charge in [-0.1, -0.05) is 19.1 Å². The van der Waals surface area contributed by atoms with Gasteiger partial charge in [-0.2, -0.15) is 5.10 Å². The average molecular weight is 245 g/mol. The molecular weight excluding hydrogens is 230 g/mol. The van der Waals surface area contributed by atoms with E-state index in [0.717, 1.165) is 12.1 Å². The largest absolute Gasteiger partial charge is 0.507 e. The molecule has 0 aliphatic rings. The van der Waals surface area contributed by atoms with E-state index in [2.05, 4.69) is 15.5 Å². The minimum Gasteiger partial charge on any atom is -0.507 e. The molecule has 2 rings (SSSR count). The molecule has 0 unspecified atom stereocenters. The molecule has 5 heteroatoms. The molecule has 1 amide bonds. The monoisotopic (exact) mass is 245 g/mol. The van der Waals surface area contributed by atoms with Crippen molar-refractivity contribution >= 4 is 11.7 Å². The molecule has 0 aliphatic carbocycles. The van der Waals surface area contributed by atoms with Gasteiger partial charge in [0.05, 0.1) is 5.56 Å². The Kier molecular flexibility index (Phi) is 3.32. The molecular formula is C13H15N3O2. The summed E-state index contributed by atoms with van der Waals surface area (Å²) in [5.74, 6) is 0.0874. The summed E-state index contributed by atoms with van der Waals surface area (Å²) in [6, 6.07) is 6.82. The Morgan fingerprint density at radius 1 is 1.50 bits per heavy atom. The lowest BCUT2D eigenvalue weighted by atomic mass is 10.1. The summed E-state index contributed by atoms with van der Waals surface area (Å²) >= 11 is 0. The lowest BCUT2D eigenvalue weighted by Gasteiger charge is -2.06. The van der Waals surface area contributed by atoms with E-state index in [1.165, 1.54) is 0 Å². The molecule has 5 nitrogen and oxygen atoms in total. The zero-order valence-corrected chi connectivity index (χ0v) is 10.3. The normalized spacial score (nSPS) is 10.3. The number of aromatic hydroxyl groups is 1. The molecule has 0 aliphatic heterocycles. The van der Waals surface area contributed by atoms with Gasteiger partial charge in [0.2, 0.25) is 0 Å². The molecule has 94 valence electrons. The fourth-order valence-electron chi connectivity index (χ4n) is 1.63. The number of nitrogens with zero attached hydrogens (tertiary/aromatic N) is 1. The van der Waals surface area contributed by atoms with Crippen LogP contribution >= 0.6 is 0 Å². The highest BCUT2D eigenvalue weighted by Crippen LogP contribution is 2.22. The fourth-order valence-corrected chi connectivity index (χ4v) is 1.63. The Hall–Kier alpha value is -2.30. The number of phenols is 1. The van der Waals surface area contributed by atoms with Crippen LogP contribution in [0.2, 0.25) is 0 Å². The first kappa shape index (κ1) is 12.2. The number of aromatic nitrogens is 2. The van der Waals surface area contributed by atoms with E-state index in [0.29, 0.717) is 11.4 Å². The topological polar surface area (TPSA) is 78.0 Å². The van der Waals surface area contributed by atoms with Crippen molar-refractivity contribution in [2.45, 2.75) is 20.3 Å². The first-order chi connectivity index (χ1) is 8.61. The van der Waals surface area contributed by atoms with Gasteiger partial charge in [0.15, 0.2) is 5.82 Å². The summed E-state index contributed by atoms with van der Waals surface area (Å²) in [6.45, 7) is 3.74. The number of carbonyl (C=O) groups is 1. The van der Waals surface area contributed by atoms with E-state index in [-0.39, 0.29) is 17.2 Å². The SMILES string of the molecule is CCc1cc(NC(=O)c2cccc(C)c2O)n[nH]1. The summed E-state index contributed by atoms with van der Waals surface area (Å²) < 4.78 is 0. The van der Waals surface area contributed by atoms with Crippen LogP contribution in [-0.4, -0.2) is 21.2 Å². The predicted octanol–water partition coefficient (Wildman–Crippen LogP) is 2.24. The number of H-pyrrole nitrogens is 1. The van der Waals surface area contributed by atoms with E-state index in [1.807, 2.05) is 6.92 Å². The Morgan fingerprint density at radius 2 is 2.28 bits per heavy atom. The summed E-state index contributed by atoms with van der Waals surface area (Å²) in [6.07, 6.45) is 0.818. The van der Waals surface area contributed by atoms with Gasteiger partial charge in [-0.15, -0.1) is 0 Å². The molecule has 1 aromatic carbocycles. The van der Waals surface area contributed by atoms with Crippen molar-refractivity contribution in [3.63, 3.8) is 0 Å². The van der Waals surface area contributed by atoms with Crippen LogP contribution in [0, 0.1) is 6.92 Å². The van der Waals surface area contributed by atoms with Crippen LogP contribution in [0.1, 0.15) is 28.5 Å². The van der Waals surface area contributed by atoms with Gasteiger partial charge in [-0.25, -0.2) is 0 Å². The molecule has 2 aromatic rings. The summed E-state index contributed by atoms with van der Waals surface area (Å²) in [4.78, 5) is 12.0. The highest BCUT2D eigenvalue weighted by atomic mass is 16.3. The molecule has 18 heavy (non-hydrogen) atoms. The minimum atomic E-state index is -0.370. The number of hydrogen-bond acceptors (Lipinski definition) is 3. The van der Waals surface area contributed by atoms with E-state index >= 15 is 0 Å². The highest BCUT2D eigenvalue weighted by Gasteiger charge is 2.13. The smallest absolute Gasteiger partial charge is 0.260 e.